The molecule has 0 heterocycles. The molecular weight excluding hydrogens is 262 g/mol. The highest BCUT2D eigenvalue weighted by atomic mass is 16.4. The molecule has 0 radical (unpaired) electrons. The van der Waals surface area contributed by atoms with E-state index < -0.39 is 18.0 Å². The van der Waals surface area contributed by atoms with Gasteiger partial charge in [-0.25, -0.2) is 9.59 Å². The first-order valence-electron chi connectivity index (χ1n) is 6.13. The first kappa shape index (κ1) is 15.5. The van der Waals surface area contributed by atoms with E-state index in [-0.39, 0.29) is 12.5 Å². The molecule has 20 heavy (non-hydrogen) atoms. The molecule has 1 rings (SSSR count). The Balaban J connectivity index is 2.57. The van der Waals surface area contributed by atoms with Crippen LogP contribution >= 0.6 is 0 Å². The van der Waals surface area contributed by atoms with Crippen LogP contribution in [0.1, 0.15) is 18.5 Å². The lowest BCUT2D eigenvalue weighted by molar-refractivity contribution is -0.139. The van der Waals surface area contributed by atoms with Crippen LogP contribution in [0.25, 0.3) is 0 Å². The number of rotatable bonds is 6. The van der Waals surface area contributed by atoms with Crippen molar-refractivity contribution in [3.8, 4) is 0 Å². The van der Waals surface area contributed by atoms with Gasteiger partial charge in [0.25, 0.3) is 0 Å². The van der Waals surface area contributed by atoms with Gasteiger partial charge < -0.3 is 21.1 Å². The lowest BCUT2D eigenvalue weighted by Crippen LogP contribution is -2.44. The number of urea groups is 1. The predicted molar refractivity (Wildman–Crippen MR) is 72.0 cm³/mol. The van der Waals surface area contributed by atoms with Crippen molar-refractivity contribution in [2.24, 2.45) is 0 Å². The molecule has 1 aromatic rings. The summed E-state index contributed by atoms with van der Waals surface area (Å²) in [6.45, 7) is 2.01. The second-order valence-corrected chi connectivity index (χ2v) is 3.96. The minimum Gasteiger partial charge on any atom is -0.479 e. The van der Waals surface area contributed by atoms with E-state index in [0.717, 1.165) is 0 Å². The van der Waals surface area contributed by atoms with Gasteiger partial charge in [-0.3, -0.25) is 4.79 Å². The Hall–Kier alpha value is -2.57. The molecule has 0 unspecified atom stereocenters. The van der Waals surface area contributed by atoms with Gasteiger partial charge in [0, 0.05) is 6.54 Å². The third-order valence-electron chi connectivity index (χ3n) is 2.44. The first-order chi connectivity index (χ1) is 9.54. The highest BCUT2D eigenvalue weighted by Gasteiger charge is 2.21. The van der Waals surface area contributed by atoms with Crippen molar-refractivity contribution in [2.45, 2.75) is 13.0 Å². The average molecular weight is 279 g/mol. The smallest absolute Gasteiger partial charge is 0.330 e. The highest BCUT2D eigenvalue weighted by molar-refractivity contribution is 5.87. The van der Waals surface area contributed by atoms with Gasteiger partial charge in [0.05, 0.1) is 6.54 Å². The summed E-state index contributed by atoms with van der Waals surface area (Å²) in [7, 11) is 0. The number of hydrogen-bond donors (Lipinski definition) is 4. The van der Waals surface area contributed by atoms with Crippen LogP contribution in [-0.4, -0.2) is 36.1 Å². The highest BCUT2D eigenvalue weighted by Crippen LogP contribution is 2.12. The standard InChI is InChI=1S/C13H17N3O4/c1-2-14-10(17)8-15-13(20)16-11(12(18)19)9-6-4-3-5-7-9/h3-7,11H,2,8H2,1H3,(H,14,17)(H,18,19)(H2,15,16,20)/t11-/m1/s1. The Morgan fingerprint density at radius 1 is 1.15 bits per heavy atom. The van der Waals surface area contributed by atoms with Crippen LogP contribution in [0.4, 0.5) is 4.79 Å². The Morgan fingerprint density at radius 2 is 1.80 bits per heavy atom. The topological polar surface area (TPSA) is 108 Å². The molecule has 108 valence electrons. The van der Waals surface area contributed by atoms with Crippen LogP contribution < -0.4 is 16.0 Å². The number of carbonyl (C=O) groups is 3. The molecule has 0 aromatic heterocycles. The van der Waals surface area contributed by atoms with Crippen LogP contribution in [0.3, 0.4) is 0 Å². The summed E-state index contributed by atoms with van der Waals surface area (Å²) in [5.74, 6) is -1.52. The van der Waals surface area contributed by atoms with Crippen LogP contribution in [0.2, 0.25) is 0 Å². The summed E-state index contributed by atoms with van der Waals surface area (Å²) >= 11 is 0. The fraction of sp³-hybridized carbons (Fsp3) is 0.308. The molecular formula is C13H17N3O4. The van der Waals surface area contributed by atoms with E-state index in [2.05, 4.69) is 16.0 Å². The van der Waals surface area contributed by atoms with Gasteiger partial charge in [-0.2, -0.15) is 0 Å². The van der Waals surface area contributed by atoms with Crippen molar-refractivity contribution in [2.75, 3.05) is 13.1 Å². The molecule has 3 amide bonds. The van der Waals surface area contributed by atoms with Gasteiger partial charge in [-0.1, -0.05) is 30.3 Å². The van der Waals surface area contributed by atoms with E-state index in [1.54, 1.807) is 37.3 Å². The van der Waals surface area contributed by atoms with Crippen molar-refractivity contribution >= 4 is 17.9 Å². The van der Waals surface area contributed by atoms with E-state index in [1.165, 1.54) is 0 Å². The Bertz CT molecular complexity index is 476. The maximum absolute atomic E-state index is 11.6. The molecule has 0 bridgehead atoms. The number of carbonyl (C=O) groups excluding carboxylic acids is 2. The zero-order valence-electron chi connectivity index (χ0n) is 11.1. The minimum absolute atomic E-state index is 0.208. The Labute approximate surface area is 116 Å². The normalized spacial score (nSPS) is 11.2. The SMILES string of the molecule is CCNC(=O)CNC(=O)N[C@@H](C(=O)O)c1ccccc1. The summed E-state index contributed by atoms with van der Waals surface area (Å²) in [5.41, 5.74) is 0.452. The van der Waals surface area contributed by atoms with Crippen molar-refractivity contribution in [1.82, 2.24) is 16.0 Å². The van der Waals surface area contributed by atoms with Crippen LogP contribution in [0, 0.1) is 0 Å². The van der Waals surface area contributed by atoms with Crippen molar-refractivity contribution < 1.29 is 19.5 Å². The lowest BCUT2D eigenvalue weighted by atomic mass is 10.1. The van der Waals surface area contributed by atoms with Crippen LogP contribution in [-0.2, 0) is 9.59 Å². The predicted octanol–water partition coefficient (Wildman–Crippen LogP) is 0.248. The van der Waals surface area contributed by atoms with E-state index in [0.29, 0.717) is 12.1 Å². The summed E-state index contributed by atoms with van der Waals surface area (Å²) in [6.07, 6.45) is 0. The number of aliphatic carboxylic acids is 1. The van der Waals surface area contributed by atoms with Gasteiger partial charge in [-0.15, -0.1) is 0 Å². The third kappa shape index (κ3) is 4.97. The van der Waals surface area contributed by atoms with E-state index in [4.69, 9.17) is 5.11 Å². The Morgan fingerprint density at radius 3 is 2.35 bits per heavy atom. The quantitative estimate of drug-likeness (QED) is 0.598. The van der Waals surface area contributed by atoms with Crippen molar-refractivity contribution in [3.63, 3.8) is 0 Å². The van der Waals surface area contributed by atoms with Crippen molar-refractivity contribution in [3.05, 3.63) is 35.9 Å². The number of carboxylic acids is 1. The molecule has 1 aromatic carbocycles. The van der Waals surface area contributed by atoms with Gasteiger partial charge in [-0.05, 0) is 12.5 Å². The molecule has 4 N–H and O–H groups in total. The fourth-order valence-electron chi connectivity index (χ4n) is 1.54. The second-order valence-electron chi connectivity index (χ2n) is 3.96. The third-order valence-corrected chi connectivity index (χ3v) is 2.44. The molecule has 1 atom stereocenters. The summed E-state index contributed by atoms with van der Waals surface area (Å²) in [5, 5.41) is 16.2. The summed E-state index contributed by atoms with van der Waals surface area (Å²) in [6, 6.07) is 6.43. The molecule has 0 aliphatic rings. The number of amides is 3. The summed E-state index contributed by atoms with van der Waals surface area (Å²) in [4.78, 5) is 33.9. The number of benzene rings is 1. The first-order valence-corrected chi connectivity index (χ1v) is 6.13. The molecule has 0 aliphatic carbocycles. The molecule has 7 heteroatoms. The molecule has 0 aliphatic heterocycles. The average Bonchev–Trinajstić information content (AvgIpc) is 2.43. The lowest BCUT2D eigenvalue weighted by Gasteiger charge is -2.15. The second kappa shape index (κ2) is 7.78. The maximum atomic E-state index is 11.6. The van der Waals surface area contributed by atoms with E-state index in [1.807, 2.05) is 0 Å². The largest absolute Gasteiger partial charge is 0.479 e. The molecule has 7 nitrogen and oxygen atoms in total. The fourth-order valence-corrected chi connectivity index (χ4v) is 1.54. The van der Waals surface area contributed by atoms with Gasteiger partial charge in [0.2, 0.25) is 5.91 Å². The molecule has 0 saturated heterocycles. The zero-order chi connectivity index (χ0) is 15.0. The van der Waals surface area contributed by atoms with Gasteiger partial charge in [0.15, 0.2) is 6.04 Å². The number of nitrogens with one attached hydrogen (secondary N) is 3. The van der Waals surface area contributed by atoms with Crippen LogP contribution in [0.15, 0.2) is 30.3 Å². The number of hydrogen-bond acceptors (Lipinski definition) is 3. The zero-order valence-corrected chi connectivity index (χ0v) is 11.1. The maximum Gasteiger partial charge on any atom is 0.330 e. The van der Waals surface area contributed by atoms with E-state index >= 15 is 0 Å². The van der Waals surface area contributed by atoms with Crippen LogP contribution in [0.5, 0.6) is 0 Å². The number of carboxylic acid groups (broad SMARTS) is 1. The minimum atomic E-state index is -1.18. The molecule has 0 saturated carbocycles. The monoisotopic (exact) mass is 279 g/mol. The van der Waals surface area contributed by atoms with E-state index in [9.17, 15) is 14.4 Å². The van der Waals surface area contributed by atoms with Gasteiger partial charge in [0.1, 0.15) is 0 Å². The van der Waals surface area contributed by atoms with Gasteiger partial charge >= 0.3 is 12.0 Å². The number of likely N-dealkylation sites (N-methyl/N-ethyl adjacent to an activating group) is 1. The Kier molecular flexibility index (Phi) is 6.02. The van der Waals surface area contributed by atoms with Crippen molar-refractivity contribution in [1.29, 1.82) is 0 Å². The molecule has 0 fully saturated rings. The molecule has 0 spiro atoms. The summed E-state index contributed by atoms with van der Waals surface area (Å²) < 4.78 is 0.